The van der Waals surface area contributed by atoms with E-state index in [2.05, 4.69) is 6.07 Å². The van der Waals surface area contributed by atoms with Crippen molar-refractivity contribution >= 4 is 11.3 Å². The van der Waals surface area contributed by atoms with Crippen LogP contribution in [0.25, 0.3) is 0 Å². The van der Waals surface area contributed by atoms with Gasteiger partial charge in [0.05, 0.1) is 12.5 Å². The maximum absolute atomic E-state index is 10.3. The van der Waals surface area contributed by atoms with E-state index in [-0.39, 0.29) is 0 Å². The van der Waals surface area contributed by atoms with Gasteiger partial charge >= 0.3 is 0 Å². The van der Waals surface area contributed by atoms with Gasteiger partial charge in [-0.3, -0.25) is 0 Å². The lowest BCUT2D eigenvalue weighted by Gasteiger charge is -2.04. The highest BCUT2D eigenvalue weighted by molar-refractivity contribution is 7.12. The highest BCUT2D eigenvalue weighted by atomic mass is 32.1. The van der Waals surface area contributed by atoms with Crippen molar-refractivity contribution in [3.05, 3.63) is 45.5 Å². The number of hydrogen-bond acceptors (Lipinski definition) is 3. The monoisotopic (exact) mass is 248 g/mol. The summed E-state index contributed by atoms with van der Waals surface area (Å²) in [5.74, 6) is 0. The molecule has 17 heavy (non-hydrogen) atoms. The van der Waals surface area contributed by atoms with E-state index in [1.54, 1.807) is 23.9 Å². The summed E-state index contributed by atoms with van der Waals surface area (Å²) in [5.41, 5.74) is 2.30. The fraction of sp³-hybridized carbons (Fsp3) is 0.429. The van der Waals surface area contributed by atoms with Crippen LogP contribution in [0.1, 0.15) is 46.2 Å². The van der Waals surface area contributed by atoms with Gasteiger partial charge < -0.3 is 9.52 Å². The van der Waals surface area contributed by atoms with Crippen molar-refractivity contribution in [2.24, 2.45) is 0 Å². The van der Waals surface area contributed by atoms with E-state index in [0.717, 1.165) is 10.4 Å². The third-order valence-corrected chi connectivity index (χ3v) is 4.68. The molecule has 0 radical (unpaired) electrons. The number of rotatable bonds is 2. The first-order valence-corrected chi connectivity index (χ1v) is 6.98. The molecule has 0 amide bonds. The fourth-order valence-corrected chi connectivity index (χ4v) is 3.69. The van der Waals surface area contributed by atoms with Gasteiger partial charge in [0.2, 0.25) is 0 Å². The molecule has 2 nitrogen and oxygen atoms in total. The Balaban J connectivity index is 1.89. The van der Waals surface area contributed by atoms with Crippen LogP contribution in [0.4, 0.5) is 0 Å². The fourth-order valence-electron chi connectivity index (χ4n) is 2.42. The topological polar surface area (TPSA) is 33.4 Å². The van der Waals surface area contributed by atoms with Gasteiger partial charge in [-0.05, 0) is 43.4 Å². The third-order valence-electron chi connectivity index (χ3n) is 3.39. The molecule has 1 unspecified atom stereocenters. The number of furan rings is 1. The molecule has 1 N–H and O–H groups in total. The van der Waals surface area contributed by atoms with Crippen LogP contribution in [0, 0.1) is 0 Å². The van der Waals surface area contributed by atoms with E-state index in [1.165, 1.54) is 42.5 Å². The van der Waals surface area contributed by atoms with Gasteiger partial charge in [-0.2, -0.15) is 0 Å². The van der Waals surface area contributed by atoms with E-state index in [1.807, 2.05) is 6.07 Å². The Morgan fingerprint density at radius 3 is 2.94 bits per heavy atom. The van der Waals surface area contributed by atoms with Crippen LogP contribution in [0.2, 0.25) is 0 Å². The largest absolute Gasteiger partial charge is 0.472 e. The summed E-state index contributed by atoms with van der Waals surface area (Å²) in [5, 5.41) is 10.3. The molecular weight excluding hydrogens is 232 g/mol. The lowest BCUT2D eigenvalue weighted by atomic mass is 10.1. The van der Waals surface area contributed by atoms with Gasteiger partial charge in [0.1, 0.15) is 6.10 Å². The maximum Gasteiger partial charge on any atom is 0.116 e. The van der Waals surface area contributed by atoms with Gasteiger partial charge in [0.25, 0.3) is 0 Å². The molecule has 1 aliphatic rings. The minimum atomic E-state index is -0.523. The van der Waals surface area contributed by atoms with Crippen LogP contribution >= 0.6 is 11.3 Å². The second-order valence-electron chi connectivity index (χ2n) is 4.62. The van der Waals surface area contributed by atoms with Crippen LogP contribution in [-0.2, 0) is 12.8 Å². The van der Waals surface area contributed by atoms with Gasteiger partial charge in [-0.15, -0.1) is 11.3 Å². The van der Waals surface area contributed by atoms with Gasteiger partial charge in [-0.25, -0.2) is 0 Å². The summed E-state index contributed by atoms with van der Waals surface area (Å²) in [6, 6.07) is 4.01. The van der Waals surface area contributed by atoms with Gasteiger partial charge in [0, 0.05) is 15.3 Å². The Hall–Kier alpha value is -1.06. The number of aryl methyl sites for hydroxylation is 2. The smallest absolute Gasteiger partial charge is 0.116 e. The Morgan fingerprint density at radius 2 is 2.12 bits per heavy atom. The Kier molecular flexibility index (Phi) is 3.04. The molecule has 1 atom stereocenters. The predicted octanol–water partition coefficient (Wildman–Crippen LogP) is 3.69. The first-order chi connectivity index (χ1) is 8.34. The molecule has 3 rings (SSSR count). The summed E-state index contributed by atoms with van der Waals surface area (Å²) in [6.45, 7) is 0. The van der Waals surface area contributed by atoms with Crippen molar-refractivity contribution in [1.29, 1.82) is 0 Å². The first-order valence-electron chi connectivity index (χ1n) is 6.16. The first kappa shape index (κ1) is 11.1. The minimum Gasteiger partial charge on any atom is -0.472 e. The molecule has 0 saturated carbocycles. The van der Waals surface area contributed by atoms with Crippen molar-refractivity contribution in [2.75, 3.05) is 0 Å². The normalized spacial score (nSPS) is 17.5. The van der Waals surface area contributed by atoms with Crippen molar-refractivity contribution in [3.63, 3.8) is 0 Å². The van der Waals surface area contributed by atoms with Crippen LogP contribution in [0.5, 0.6) is 0 Å². The van der Waals surface area contributed by atoms with Gasteiger partial charge in [0.15, 0.2) is 0 Å². The molecule has 0 aromatic carbocycles. The average Bonchev–Trinajstić information content (AvgIpc) is 2.95. The molecule has 0 bridgehead atoms. The van der Waals surface area contributed by atoms with E-state index < -0.39 is 6.10 Å². The molecule has 2 aromatic rings. The summed E-state index contributed by atoms with van der Waals surface area (Å²) in [4.78, 5) is 2.53. The summed E-state index contributed by atoms with van der Waals surface area (Å²) < 4.78 is 5.02. The minimum absolute atomic E-state index is 0.523. The third kappa shape index (κ3) is 2.17. The molecule has 2 aromatic heterocycles. The zero-order chi connectivity index (χ0) is 11.7. The van der Waals surface area contributed by atoms with Crippen LogP contribution in [-0.4, -0.2) is 5.11 Å². The highest BCUT2D eigenvalue weighted by Gasteiger charge is 2.18. The second kappa shape index (κ2) is 4.67. The van der Waals surface area contributed by atoms with E-state index in [4.69, 9.17) is 4.42 Å². The number of aliphatic hydroxyl groups is 1. The molecule has 0 aliphatic heterocycles. The SMILES string of the molecule is OC(c1ccoc1)c1cc2c(s1)CCCCC2. The predicted molar refractivity (Wildman–Crippen MR) is 68.3 cm³/mol. The number of thiophene rings is 1. The van der Waals surface area contributed by atoms with Crippen molar-refractivity contribution in [3.8, 4) is 0 Å². The van der Waals surface area contributed by atoms with E-state index in [0.29, 0.717) is 0 Å². The number of hydrogen-bond donors (Lipinski definition) is 1. The lowest BCUT2D eigenvalue weighted by molar-refractivity contribution is 0.223. The lowest BCUT2D eigenvalue weighted by Crippen LogP contribution is -1.94. The molecular formula is C14H16O2S. The van der Waals surface area contributed by atoms with Crippen LogP contribution in [0.15, 0.2) is 29.1 Å². The maximum atomic E-state index is 10.3. The highest BCUT2D eigenvalue weighted by Crippen LogP contribution is 2.34. The molecule has 0 saturated heterocycles. The molecule has 3 heteroatoms. The quantitative estimate of drug-likeness (QED) is 0.822. The summed E-state index contributed by atoms with van der Waals surface area (Å²) >= 11 is 1.76. The zero-order valence-corrected chi connectivity index (χ0v) is 10.5. The van der Waals surface area contributed by atoms with E-state index in [9.17, 15) is 5.11 Å². The standard InChI is InChI=1S/C14H16O2S/c15-14(11-6-7-16-9-11)13-8-10-4-2-1-3-5-12(10)17-13/h6-9,14-15H,1-5H2. The molecule has 0 fully saturated rings. The molecule has 1 aliphatic carbocycles. The summed E-state index contributed by atoms with van der Waals surface area (Å²) in [7, 11) is 0. The Morgan fingerprint density at radius 1 is 1.24 bits per heavy atom. The van der Waals surface area contributed by atoms with Crippen molar-refractivity contribution < 1.29 is 9.52 Å². The van der Waals surface area contributed by atoms with Crippen LogP contribution < -0.4 is 0 Å². The summed E-state index contributed by atoms with van der Waals surface area (Å²) in [6.07, 6.45) is 8.96. The van der Waals surface area contributed by atoms with Crippen LogP contribution in [0.3, 0.4) is 0 Å². The van der Waals surface area contributed by atoms with Gasteiger partial charge in [-0.1, -0.05) is 6.42 Å². The van der Waals surface area contributed by atoms with Crippen molar-refractivity contribution in [1.82, 2.24) is 0 Å². The van der Waals surface area contributed by atoms with Crippen molar-refractivity contribution in [2.45, 2.75) is 38.2 Å². The number of fused-ring (bicyclic) bond motifs is 1. The number of aliphatic hydroxyl groups excluding tert-OH is 1. The van der Waals surface area contributed by atoms with E-state index >= 15 is 0 Å². The molecule has 90 valence electrons. The Labute approximate surface area is 105 Å². The molecule has 2 heterocycles. The Bertz CT molecular complexity index is 461. The molecule has 0 spiro atoms. The zero-order valence-electron chi connectivity index (χ0n) is 9.69. The second-order valence-corrected chi connectivity index (χ2v) is 5.79. The average molecular weight is 248 g/mol.